The van der Waals surface area contributed by atoms with E-state index in [0.717, 1.165) is 10.0 Å². The van der Waals surface area contributed by atoms with Gasteiger partial charge >= 0.3 is 0 Å². The van der Waals surface area contributed by atoms with E-state index in [4.69, 9.17) is 4.74 Å². The molecule has 0 amide bonds. The number of halogens is 2. The van der Waals surface area contributed by atoms with Crippen LogP contribution in [-0.4, -0.2) is 5.11 Å². The molecule has 19 heavy (non-hydrogen) atoms. The van der Waals surface area contributed by atoms with E-state index < -0.39 is 6.10 Å². The average Bonchev–Trinajstić information content (AvgIpc) is 2.39. The zero-order chi connectivity index (χ0) is 13.4. The van der Waals surface area contributed by atoms with E-state index in [1.807, 2.05) is 24.3 Å². The standard InChI is InChI=1S/C15H12BrFO2/c16-10-3-1-2-9(6-10)15-8-13(18)12-7-11(17)4-5-14(12)19-15/h1-7,13,15,18H,8H2/t13-,15?/m0/s1. The van der Waals surface area contributed by atoms with Crippen molar-refractivity contribution in [3.63, 3.8) is 0 Å². The van der Waals surface area contributed by atoms with Gasteiger partial charge in [-0.15, -0.1) is 0 Å². The minimum Gasteiger partial charge on any atom is -0.485 e. The molecule has 0 fully saturated rings. The van der Waals surface area contributed by atoms with Crippen LogP contribution in [0, 0.1) is 5.82 Å². The zero-order valence-electron chi connectivity index (χ0n) is 10.0. The smallest absolute Gasteiger partial charge is 0.127 e. The summed E-state index contributed by atoms with van der Waals surface area (Å²) in [5.74, 6) is 0.187. The van der Waals surface area contributed by atoms with Crippen LogP contribution in [0.3, 0.4) is 0 Å². The van der Waals surface area contributed by atoms with Crippen LogP contribution < -0.4 is 4.74 Å². The van der Waals surface area contributed by atoms with E-state index in [1.165, 1.54) is 12.1 Å². The fraction of sp³-hybridized carbons (Fsp3) is 0.200. The fourth-order valence-corrected chi connectivity index (χ4v) is 2.75. The van der Waals surface area contributed by atoms with E-state index >= 15 is 0 Å². The molecule has 0 saturated carbocycles. The molecule has 2 nitrogen and oxygen atoms in total. The highest BCUT2D eigenvalue weighted by Crippen LogP contribution is 2.41. The largest absolute Gasteiger partial charge is 0.485 e. The molecule has 1 unspecified atom stereocenters. The first-order chi connectivity index (χ1) is 9.13. The molecule has 4 heteroatoms. The number of benzene rings is 2. The van der Waals surface area contributed by atoms with Crippen molar-refractivity contribution in [3.8, 4) is 5.75 Å². The number of rotatable bonds is 1. The summed E-state index contributed by atoms with van der Waals surface area (Å²) in [5.41, 5.74) is 1.51. The van der Waals surface area contributed by atoms with Gasteiger partial charge in [0.25, 0.3) is 0 Å². The monoisotopic (exact) mass is 322 g/mol. The molecule has 0 aliphatic carbocycles. The van der Waals surface area contributed by atoms with Crippen molar-refractivity contribution in [1.82, 2.24) is 0 Å². The molecule has 0 saturated heterocycles. The summed E-state index contributed by atoms with van der Waals surface area (Å²) in [5, 5.41) is 10.1. The Balaban J connectivity index is 1.95. The molecular weight excluding hydrogens is 311 g/mol. The number of hydrogen-bond donors (Lipinski definition) is 1. The molecule has 2 aromatic carbocycles. The maximum absolute atomic E-state index is 13.2. The van der Waals surface area contributed by atoms with Gasteiger partial charge in [-0.25, -0.2) is 4.39 Å². The van der Waals surface area contributed by atoms with E-state index in [9.17, 15) is 9.50 Å². The molecular formula is C15H12BrFO2. The maximum Gasteiger partial charge on any atom is 0.127 e. The van der Waals surface area contributed by atoms with Gasteiger partial charge < -0.3 is 9.84 Å². The normalized spacial score (nSPS) is 21.6. The van der Waals surface area contributed by atoms with Crippen LogP contribution in [0.5, 0.6) is 5.75 Å². The first kappa shape index (κ1) is 12.6. The fourth-order valence-electron chi connectivity index (χ4n) is 2.33. The Morgan fingerprint density at radius 2 is 2.05 bits per heavy atom. The second kappa shape index (κ2) is 4.94. The molecule has 1 aliphatic rings. The van der Waals surface area contributed by atoms with Crippen LogP contribution in [0.15, 0.2) is 46.9 Å². The van der Waals surface area contributed by atoms with Gasteiger partial charge in [-0.3, -0.25) is 0 Å². The van der Waals surface area contributed by atoms with Crippen molar-refractivity contribution in [1.29, 1.82) is 0 Å². The summed E-state index contributed by atoms with van der Waals surface area (Å²) in [6, 6.07) is 12.0. The summed E-state index contributed by atoms with van der Waals surface area (Å²) in [7, 11) is 0. The van der Waals surface area contributed by atoms with Crippen molar-refractivity contribution in [3.05, 3.63) is 63.9 Å². The highest BCUT2D eigenvalue weighted by Gasteiger charge is 2.28. The van der Waals surface area contributed by atoms with Crippen LogP contribution >= 0.6 is 15.9 Å². The molecule has 0 bridgehead atoms. The second-order valence-corrected chi connectivity index (χ2v) is 5.51. The van der Waals surface area contributed by atoms with E-state index in [1.54, 1.807) is 6.07 Å². The molecule has 1 N–H and O–H groups in total. The summed E-state index contributed by atoms with van der Waals surface area (Å²) < 4.78 is 20.0. The Hall–Kier alpha value is -1.39. The van der Waals surface area contributed by atoms with Crippen molar-refractivity contribution in [2.75, 3.05) is 0 Å². The number of aliphatic hydroxyl groups excluding tert-OH is 1. The highest BCUT2D eigenvalue weighted by atomic mass is 79.9. The Morgan fingerprint density at radius 1 is 1.21 bits per heavy atom. The molecule has 2 aromatic rings. The lowest BCUT2D eigenvalue weighted by Gasteiger charge is -2.30. The van der Waals surface area contributed by atoms with Crippen molar-refractivity contribution in [2.24, 2.45) is 0 Å². The third-order valence-electron chi connectivity index (χ3n) is 3.26. The Labute approximate surface area is 119 Å². The minimum absolute atomic E-state index is 0.217. The van der Waals surface area contributed by atoms with Crippen molar-refractivity contribution in [2.45, 2.75) is 18.6 Å². The Morgan fingerprint density at radius 3 is 2.84 bits per heavy atom. The van der Waals surface area contributed by atoms with Crippen molar-refractivity contribution >= 4 is 15.9 Å². The molecule has 0 radical (unpaired) electrons. The summed E-state index contributed by atoms with van der Waals surface area (Å²) in [6.45, 7) is 0. The van der Waals surface area contributed by atoms with Crippen LogP contribution in [-0.2, 0) is 0 Å². The molecule has 1 aliphatic heterocycles. The molecule has 0 spiro atoms. The zero-order valence-corrected chi connectivity index (χ0v) is 11.6. The number of ether oxygens (including phenoxy) is 1. The van der Waals surface area contributed by atoms with Crippen LogP contribution in [0.4, 0.5) is 4.39 Å². The lowest BCUT2D eigenvalue weighted by molar-refractivity contribution is 0.0653. The summed E-state index contributed by atoms with van der Waals surface area (Å²) >= 11 is 3.42. The second-order valence-electron chi connectivity index (χ2n) is 4.60. The van der Waals surface area contributed by atoms with E-state index in [2.05, 4.69) is 15.9 Å². The van der Waals surface area contributed by atoms with E-state index in [0.29, 0.717) is 17.7 Å². The van der Waals surface area contributed by atoms with Gasteiger partial charge in [-0.2, -0.15) is 0 Å². The van der Waals surface area contributed by atoms with Gasteiger partial charge in [0.2, 0.25) is 0 Å². The number of aliphatic hydroxyl groups is 1. The summed E-state index contributed by atoms with van der Waals surface area (Å²) in [6.07, 6.45) is -0.499. The molecule has 98 valence electrons. The van der Waals surface area contributed by atoms with Crippen LogP contribution in [0.2, 0.25) is 0 Å². The van der Waals surface area contributed by atoms with Gasteiger partial charge in [-0.1, -0.05) is 28.1 Å². The highest BCUT2D eigenvalue weighted by molar-refractivity contribution is 9.10. The minimum atomic E-state index is -0.705. The van der Waals surface area contributed by atoms with Gasteiger partial charge in [0.15, 0.2) is 0 Å². The first-order valence-corrected chi connectivity index (χ1v) is 6.82. The predicted octanol–water partition coefficient (Wildman–Crippen LogP) is 4.15. The van der Waals surface area contributed by atoms with Gasteiger partial charge in [0.1, 0.15) is 17.7 Å². The van der Waals surface area contributed by atoms with Crippen LogP contribution in [0.25, 0.3) is 0 Å². The van der Waals surface area contributed by atoms with E-state index in [-0.39, 0.29) is 11.9 Å². The topological polar surface area (TPSA) is 29.5 Å². The van der Waals surface area contributed by atoms with Crippen LogP contribution in [0.1, 0.15) is 29.8 Å². The molecule has 0 aromatic heterocycles. The molecule has 2 atom stereocenters. The average molecular weight is 323 g/mol. The number of fused-ring (bicyclic) bond motifs is 1. The first-order valence-electron chi connectivity index (χ1n) is 6.03. The SMILES string of the molecule is O[C@H]1CC(c2cccc(Br)c2)Oc2ccc(F)cc21. The van der Waals surface area contributed by atoms with Gasteiger partial charge in [-0.05, 0) is 35.9 Å². The van der Waals surface area contributed by atoms with Gasteiger partial charge in [0.05, 0.1) is 6.10 Å². The lowest BCUT2D eigenvalue weighted by Crippen LogP contribution is -2.19. The summed E-state index contributed by atoms with van der Waals surface area (Å²) in [4.78, 5) is 0. The quantitative estimate of drug-likeness (QED) is 0.854. The molecule has 1 heterocycles. The third-order valence-corrected chi connectivity index (χ3v) is 3.75. The third kappa shape index (κ3) is 2.51. The lowest BCUT2D eigenvalue weighted by atomic mass is 9.95. The Kier molecular flexibility index (Phi) is 3.29. The Bertz CT molecular complexity index is 615. The number of hydrogen-bond acceptors (Lipinski definition) is 2. The van der Waals surface area contributed by atoms with Crippen molar-refractivity contribution < 1.29 is 14.2 Å². The maximum atomic E-state index is 13.2. The van der Waals surface area contributed by atoms with Gasteiger partial charge in [0, 0.05) is 16.5 Å². The predicted molar refractivity (Wildman–Crippen MR) is 73.5 cm³/mol. The molecule has 3 rings (SSSR count).